The molecule has 0 aliphatic carbocycles. The van der Waals surface area contributed by atoms with Gasteiger partial charge in [0.15, 0.2) is 5.96 Å². The first-order valence-electron chi connectivity index (χ1n) is 46.6. The van der Waals surface area contributed by atoms with E-state index < -0.39 is 216 Å². The predicted octanol–water partition coefficient (Wildman–Crippen LogP) is -1.15. The number of unbranched alkanes of at least 4 members (excludes halogenated alkanes) is 2. The number of aromatic nitrogens is 4. The van der Waals surface area contributed by atoms with Crippen LogP contribution in [0, 0.1) is 11.3 Å². The van der Waals surface area contributed by atoms with Crippen molar-refractivity contribution in [3.63, 3.8) is 0 Å². The zero-order chi connectivity index (χ0) is 99.9. The molecule has 0 saturated carbocycles. The molecule has 2 unspecified atom stereocenters. The number of carbonyl (C=O) groups excluding carboxylic acids is 17. The molecule has 3 aliphatic heterocycles. The molecule has 3 aliphatic rings. The van der Waals surface area contributed by atoms with Gasteiger partial charge in [0.05, 0.1) is 25.0 Å². The summed E-state index contributed by atoms with van der Waals surface area (Å²) in [5, 5.41) is 49.7. The van der Waals surface area contributed by atoms with Gasteiger partial charge in [0, 0.05) is 131 Å². The van der Waals surface area contributed by atoms with Gasteiger partial charge in [0.25, 0.3) is 0 Å². The minimum absolute atomic E-state index is 0.00912. The van der Waals surface area contributed by atoms with Gasteiger partial charge >= 0.3 is 0 Å². The molecule has 3 aromatic heterocycles. The fourth-order valence-electron chi connectivity index (χ4n) is 17.2. The van der Waals surface area contributed by atoms with E-state index in [4.69, 9.17) is 28.3 Å². The molecule has 6 aromatic rings. The number of primary amides is 2. The molecular formula is C93H133N25O18S. The van der Waals surface area contributed by atoms with Crippen LogP contribution in [0.5, 0.6) is 5.75 Å². The fourth-order valence-corrected chi connectivity index (χ4v) is 18.1. The van der Waals surface area contributed by atoms with E-state index in [2.05, 4.69) is 78.4 Å². The number of likely N-dealkylation sites (N-methyl/N-ethyl adjacent to an activating group) is 3. The number of nitrogens with zero attached hydrogens (tertiary/aromatic N) is 6. The smallest absolute Gasteiger partial charge is 0.246 e. The maximum atomic E-state index is 15.9. The van der Waals surface area contributed by atoms with E-state index in [0.717, 1.165) is 21.6 Å². The zero-order valence-corrected chi connectivity index (χ0v) is 79.6. The Labute approximate surface area is 798 Å². The number of phenolic OH excluding ortho intramolecular Hbond substituents is 1. The molecule has 3 fully saturated rings. The molecule has 137 heavy (non-hydrogen) atoms. The molecule has 9 rings (SSSR count). The Morgan fingerprint density at radius 3 is 1.58 bits per heavy atom. The molecule has 14 atom stereocenters. The molecule has 0 bridgehead atoms. The number of amides is 17. The molecule has 44 heteroatoms. The first kappa shape index (κ1) is 107. The van der Waals surface area contributed by atoms with Crippen LogP contribution in [-0.2, 0) is 107 Å². The van der Waals surface area contributed by atoms with E-state index in [9.17, 15) is 43.5 Å². The largest absolute Gasteiger partial charge is 0.508 e. The van der Waals surface area contributed by atoms with Crippen molar-refractivity contribution < 1.29 is 86.6 Å². The molecule has 0 spiro atoms. The van der Waals surface area contributed by atoms with Gasteiger partial charge in [-0.05, 0) is 125 Å². The molecule has 3 saturated heterocycles. The number of guanidine groups is 1. The van der Waals surface area contributed by atoms with Crippen molar-refractivity contribution in [3.05, 3.63) is 120 Å². The number of nitrogens with two attached hydrogens (primary N) is 4. The number of aromatic amines is 3. The number of nitrogens with one attached hydrogen (secondary N) is 15. The Bertz CT molecular complexity index is 5240. The maximum absolute atomic E-state index is 15.9. The SMILES string of the molecule is CCCC[C@H]1C(=O)N(C)[C@@H](CCCC)C(=O)N[C@@H](CCCNC(=N)N)C(=O)N[C@H](CC(=O)NCC(N)=O)CSCC(=O)NC(Cc2ccc(O)cc2)C(=O)N(C)[C@@H](C)C(=O)N[C@@H](CC(N)=O)C(=O)N2CCC[C@H]2C(=O)N[C@@H](Cc2cnc[nH]2)C(=O)NC(CC(C)C)C(=O)N2CCC[C@H]2C(=O)N[C@@H](Cc2c[nH]c3ccccc23)C(=O)N[C@@H](CCN)C(=O)N[C@@H](Cc2c[nH]c3ccccc23)C(=O)N1C. The van der Waals surface area contributed by atoms with Gasteiger partial charge in [-0.3, -0.25) is 86.9 Å². The summed E-state index contributed by atoms with van der Waals surface area (Å²) in [5.74, 6) is -16.0. The zero-order valence-electron chi connectivity index (χ0n) is 78.8. The highest BCUT2D eigenvalue weighted by atomic mass is 32.2. The van der Waals surface area contributed by atoms with Crippen molar-refractivity contribution >= 4 is 140 Å². The fraction of sp³-hybridized carbons (Fsp3) is 0.538. The van der Waals surface area contributed by atoms with E-state index in [1.165, 1.54) is 79.6 Å². The highest BCUT2D eigenvalue weighted by Gasteiger charge is 2.46. The van der Waals surface area contributed by atoms with Crippen LogP contribution in [0.1, 0.15) is 160 Å². The van der Waals surface area contributed by atoms with Crippen LogP contribution in [0.3, 0.4) is 0 Å². The van der Waals surface area contributed by atoms with E-state index in [1.54, 1.807) is 36.7 Å². The van der Waals surface area contributed by atoms with E-state index in [-0.39, 0.29) is 127 Å². The molecule has 6 heterocycles. The van der Waals surface area contributed by atoms with E-state index in [1.807, 2.05) is 52.0 Å². The molecule has 3 aromatic carbocycles. The summed E-state index contributed by atoms with van der Waals surface area (Å²) >= 11 is 0.882. The average molecular weight is 1920 g/mol. The number of carbonyl (C=O) groups is 17. The first-order valence-corrected chi connectivity index (χ1v) is 47.7. The number of phenols is 1. The van der Waals surface area contributed by atoms with Gasteiger partial charge in [0.1, 0.15) is 84.3 Å². The van der Waals surface area contributed by atoms with Crippen molar-refractivity contribution in [1.29, 1.82) is 5.41 Å². The molecule has 744 valence electrons. The van der Waals surface area contributed by atoms with Crippen molar-refractivity contribution in [2.24, 2.45) is 28.9 Å². The van der Waals surface area contributed by atoms with Crippen LogP contribution >= 0.6 is 11.8 Å². The molecule has 0 radical (unpaired) electrons. The van der Waals surface area contributed by atoms with Crippen molar-refractivity contribution in [2.45, 2.75) is 248 Å². The van der Waals surface area contributed by atoms with Crippen LogP contribution in [-0.4, -0.2) is 306 Å². The van der Waals surface area contributed by atoms with Crippen LogP contribution in [0.25, 0.3) is 21.8 Å². The number of thioether (sulfide) groups is 1. The molecule has 24 N–H and O–H groups in total. The third kappa shape index (κ3) is 30.7. The first-order chi connectivity index (χ1) is 65.4. The van der Waals surface area contributed by atoms with Gasteiger partial charge in [-0.25, -0.2) is 4.98 Å². The predicted molar refractivity (Wildman–Crippen MR) is 510 cm³/mol. The number of H-pyrrole nitrogens is 3. The normalized spacial score (nSPS) is 24.0. The third-order valence-electron chi connectivity index (χ3n) is 24.8. The number of aromatic hydroxyl groups is 1. The monoisotopic (exact) mass is 1920 g/mol. The topological polar surface area (TPSA) is 647 Å². The lowest BCUT2D eigenvalue weighted by atomic mass is 9.99. The van der Waals surface area contributed by atoms with Gasteiger partial charge in [-0.1, -0.05) is 102 Å². The Morgan fingerprint density at radius 1 is 0.518 bits per heavy atom. The second kappa shape index (κ2) is 51.9. The quantitative estimate of drug-likeness (QED) is 0.0157. The Balaban J connectivity index is 1.10. The van der Waals surface area contributed by atoms with Crippen LogP contribution in [0.2, 0.25) is 0 Å². The molecule has 43 nitrogen and oxygen atoms in total. The maximum Gasteiger partial charge on any atom is 0.246 e. The van der Waals surface area contributed by atoms with Crippen molar-refractivity contribution in [1.82, 2.24) is 103 Å². The lowest BCUT2D eigenvalue weighted by Gasteiger charge is -2.36. The van der Waals surface area contributed by atoms with Crippen molar-refractivity contribution in [2.75, 3.05) is 65.4 Å². The van der Waals surface area contributed by atoms with Crippen LogP contribution < -0.4 is 81.4 Å². The summed E-state index contributed by atoms with van der Waals surface area (Å²) in [6.45, 7) is 7.79. The summed E-state index contributed by atoms with van der Waals surface area (Å²) in [7, 11) is 4.03. The number of rotatable bonds is 28. The highest BCUT2D eigenvalue weighted by Crippen LogP contribution is 2.28. The summed E-state index contributed by atoms with van der Waals surface area (Å²) < 4.78 is 0. The Kier molecular flexibility index (Phi) is 40.5. The number of imidazole rings is 1. The minimum Gasteiger partial charge on any atom is -0.508 e. The van der Waals surface area contributed by atoms with Gasteiger partial charge < -0.3 is 126 Å². The summed E-state index contributed by atoms with van der Waals surface area (Å²) in [5.41, 5.74) is 26.4. The second-order valence-corrected chi connectivity index (χ2v) is 36.6. The van der Waals surface area contributed by atoms with Gasteiger partial charge in [0.2, 0.25) is 100 Å². The lowest BCUT2D eigenvalue weighted by Crippen LogP contribution is -2.61. The number of hydrogen-bond donors (Lipinski definition) is 20. The number of benzene rings is 3. The molecular weight excluding hydrogens is 1790 g/mol. The van der Waals surface area contributed by atoms with Gasteiger partial charge in [-0.2, -0.15) is 0 Å². The molecule has 17 amide bonds. The Morgan fingerprint density at radius 2 is 1.02 bits per heavy atom. The van der Waals surface area contributed by atoms with E-state index >= 15 is 43.2 Å². The minimum atomic E-state index is -1.75. The third-order valence-corrected chi connectivity index (χ3v) is 25.9. The van der Waals surface area contributed by atoms with Crippen LogP contribution in [0.4, 0.5) is 0 Å². The summed E-state index contributed by atoms with van der Waals surface area (Å²) in [6, 6.07) is 0.0732. The second-order valence-electron chi connectivity index (χ2n) is 35.6. The standard InChI is InChI=1S/C93H133N25O18S/c1-9-11-25-72-85(129)108-64(24-17-35-100-93(97)98)81(125)105-58(43-78(122)103-48-77(96)121)49-137-50-79(123)106-69(39-54-29-31-59(119)32-30-54)88(132)114(6)53(5)80(124)111-71(44-76(95)120)91(135)118-37-19-28-74(118)87(131)110-67(42-57-47-99-51-104-57)84(128)112-68(38-52(3)4)90(134)117-36-18-27-73(117)86(130)109-66(40-55-45-101-62-22-15-13-20-60(55)62)83(127)107-65(33-34-94)82(126)113-70(41-56-46-102-63-23-16-14-21-61(56)63)89(133)116(8)75(26-12-10-2)92(136)115(72)7/h13-16,20-23,29-32,45-47,51-53,58,64-75,101-102,119H,9-12,17-19,24-28,33-44,48-50,94H2,1-8H3,(H2,95,120)(H2,96,121)(H,99,104)(H,103,122)(H,105,125)(H,106,123)(H,107,127)(H,108,129)(H,109,130)(H,110,131)(H,111,124)(H,112,128)(H,113,126)(H4,97,98,100)/t53-,58+,64-,65-,66-,67-,68?,69?,70-,71-,72-,73-,74-,75-/m0/s1. The van der Waals surface area contributed by atoms with Gasteiger partial charge in [-0.15, -0.1) is 11.8 Å². The number of para-hydroxylation sites is 2. The van der Waals surface area contributed by atoms with Crippen molar-refractivity contribution in [3.8, 4) is 5.75 Å². The highest BCUT2D eigenvalue weighted by molar-refractivity contribution is 8.00. The number of hydrogen-bond acceptors (Lipinski definition) is 22. The average Bonchev–Trinajstić information content (AvgIpc) is 1.78. The summed E-state index contributed by atoms with van der Waals surface area (Å²) in [4.78, 5) is 270. The number of fused-ring (bicyclic) bond motifs is 4. The van der Waals surface area contributed by atoms with Crippen LogP contribution in [0.15, 0.2) is 97.7 Å². The Hall–Kier alpha value is -13.7. The summed E-state index contributed by atoms with van der Waals surface area (Å²) in [6.07, 6.45) is 6.02. The lowest BCUT2D eigenvalue weighted by molar-refractivity contribution is -0.149. The van der Waals surface area contributed by atoms with E-state index in [0.29, 0.717) is 76.3 Å².